The zero-order chi connectivity index (χ0) is 22.0. The topological polar surface area (TPSA) is 77.1 Å². The second-order valence-corrected chi connectivity index (χ2v) is 10.0. The summed E-state index contributed by atoms with van der Waals surface area (Å²) in [6, 6.07) is 12.9. The van der Waals surface area contributed by atoms with Crippen LogP contribution >= 0.6 is 0 Å². The van der Waals surface area contributed by atoms with Gasteiger partial charge in [-0.2, -0.15) is 0 Å². The third-order valence-electron chi connectivity index (χ3n) is 6.07. The quantitative estimate of drug-likeness (QED) is 0.690. The highest BCUT2D eigenvalue weighted by atomic mass is 32.2. The van der Waals surface area contributed by atoms with Crippen molar-refractivity contribution in [2.45, 2.75) is 30.2 Å². The smallest absolute Gasteiger partial charge is 0.240 e. The fraction of sp³-hybridized carbons (Fsp3) is 0.417. The van der Waals surface area contributed by atoms with Gasteiger partial charge >= 0.3 is 0 Å². The van der Waals surface area contributed by atoms with E-state index in [-0.39, 0.29) is 6.04 Å². The van der Waals surface area contributed by atoms with Gasteiger partial charge in [-0.1, -0.05) is 30.3 Å². The summed E-state index contributed by atoms with van der Waals surface area (Å²) in [4.78, 5) is 2.53. The third-order valence-corrected chi connectivity index (χ3v) is 7.59. The number of allylic oxidation sites excluding steroid dienone is 2. The molecule has 2 aromatic carbocycles. The molecule has 1 fully saturated rings. The zero-order valence-corrected chi connectivity index (χ0v) is 18.8. The van der Waals surface area contributed by atoms with Gasteiger partial charge in [0.25, 0.3) is 0 Å². The first kappa shape index (κ1) is 21.3. The summed E-state index contributed by atoms with van der Waals surface area (Å²) in [7, 11) is -3.56. The van der Waals surface area contributed by atoms with E-state index in [9.17, 15) is 8.42 Å². The molecule has 0 amide bonds. The molecule has 1 aliphatic carbocycles. The summed E-state index contributed by atoms with van der Waals surface area (Å²) in [5.74, 6) is 2.39. The zero-order valence-electron chi connectivity index (χ0n) is 18.0. The number of nitrogens with zero attached hydrogens (tertiary/aromatic N) is 1. The Morgan fingerprint density at radius 3 is 2.84 bits per heavy atom. The Balaban J connectivity index is 1.13. The number of rotatable bonds is 7. The summed E-state index contributed by atoms with van der Waals surface area (Å²) in [6.07, 6.45) is 4.58. The van der Waals surface area contributed by atoms with Gasteiger partial charge in [0.1, 0.15) is 25.6 Å². The molecule has 1 N–H and O–H groups in total. The van der Waals surface area contributed by atoms with E-state index in [1.165, 1.54) is 0 Å². The summed E-state index contributed by atoms with van der Waals surface area (Å²) in [5, 5.41) is 1.95. The van der Waals surface area contributed by atoms with Crippen LogP contribution in [0.2, 0.25) is 0 Å². The lowest BCUT2D eigenvalue weighted by atomic mass is 10.1. The second-order valence-electron chi connectivity index (χ2n) is 8.32. The lowest BCUT2D eigenvalue weighted by molar-refractivity contribution is 0.0403. The summed E-state index contributed by atoms with van der Waals surface area (Å²) in [6.45, 7) is 3.90. The van der Waals surface area contributed by atoms with Gasteiger partial charge in [0.15, 0.2) is 11.5 Å². The van der Waals surface area contributed by atoms with Gasteiger partial charge in [-0.3, -0.25) is 4.90 Å². The molecule has 0 radical (unpaired) electrons. The van der Waals surface area contributed by atoms with Crippen molar-refractivity contribution >= 4 is 20.8 Å². The predicted octanol–water partition coefficient (Wildman–Crippen LogP) is 3.15. The van der Waals surface area contributed by atoms with Gasteiger partial charge in [0, 0.05) is 25.6 Å². The first-order valence-corrected chi connectivity index (χ1v) is 12.6. The molecule has 0 saturated carbocycles. The molecule has 0 spiro atoms. The number of sulfonamides is 1. The molecule has 2 heterocycles. The number of ether oxygens (including phenoxy) is 3. The van der Waals surface area contributed by atoms with E-state index in [1.807, 2.05) is 30.3 Å². The maximum absolute atomic E-state index is 12.9. The summed E-state index contributed by atoms with van der Waals surface area (Å²) in [5.41, 5.74) is 0. The molecule has 1 unspecified atom stereocenters. The number of hydrogen-bond donors (Lipinski definition) is 1. The Kier molecular flexibility index (Phi) is 6.08. The van der Waals surface area contributed by atoms with E-state index in [2.05, 4.69) is 15.7 Å². The van der Waals surface area contributed by atoms with E-state index < -0.39 is 10.0 Å². The first-order valence-electron chi connectivity index (χ1n) is 11.1. The molecule has 0 bridgehead atoms. The molecule has 1 atom stereocenters. The monoisotopic (exact) mass is 456 g/mol. The normalized spacial score (nSPS) is 21.6. The highest BCUT2D eigenvalue weighted by Crippen LogP contribution is 2.30. The van der Waals surface area contributed by atoms with E-state index in [4.69, 9.17) is 14.2 Å². The molecule has 1 saturated heterocycles. The van der Waals surface area contributed by atoms with Crippen LogP contribution in [0.5, 0.6) is 0 Å². The Bertz CT molecular complexity index is 1160. The van der Waals surface area contributed by atoms with Crippen molar-refractivity contribution in [1.29, 1.82) is 0 Å². The van der Waals surface area contributed by atoms with Crippen molar-refractivity contribution in [3.63, 3.8) is 0 Å². The van der Waals surface area contributed by atoms with Crippen LogP contribution in [0.1, 0.15) is 19.3 Å². The average Bonchev–Trinajstić information content (AvgIpc) is 3.25. The van der Waals surface area contributed by atoms with Crippen LogP contribution in [0.15, 0.2) is 70.7 Å². The average molecular weight is 457 g/mol. The van der Waals surface area contributed by atoms with E-state index >= 15 is 0 Å². The SMILES string of the molecule is O=S(=O)(NC1CCN(CCOC2=CCCC3=C2OCCO3)C1)c1ccc2ccccc2c1. The van der Waals surface area contributed by atoms with Gasteiger partial charge in [-0.15, -0.1) is 0 Å². The highest BCUT2D eigenvalue weighted by molar-refractivity contribution is 7.89. The Morgan fingerprint density at radius 2 is 1.94 bits per heavy atom. The first-order chi connectivity index (χ1) is 15.6. The van der Waals surface area contributed by atoms with Gasteiger partial charge in [-0.25, -0.2) is 13.1 Å². The van der Waals surface area contributed by atoms with Crippen molar-refractivity contribution in [1.82, 2.24) is 9.62 Å². The number of hydrogen-bond acceptors (Lipinski definition) is 6. The van der Waals surface area contributed by atoms with Gasteiger partial charge < -0.3 is 14.2 Å². The van der Waals surface area contributed by atoms with E-state index in [0.29, 0.717) is 31.3 Å². The van der Waals surface area contributed by atoms with Crippen molar-refractivity contribution in [3.05, 3.63) is 65.8 Å². The molecule has 8 heteroatoms. The fourth-order valence-electron chi connectivity index (χ4n) is 4.44. The molecule has 2 aliphatic heterocycles. The predicted molar refractivity (Wildman–Crippen MR) is 121 cm³/mol. The minimum Gasteiger partial charge on any atom is -0.490 e. The van der Waals surface area contributed by atoms with Crippen LogP contribution in [0.25, 0.3) is 10.8 Å². The lowest BCUT2D eigenvalue weighted by Crippen LogP contribution is -2.37. The molecule has 170 valence electrons. The molecule has 7 nitrogen and oxygen atoms in total. The maximum Gasteiger partial charge on any atom is 0.240 e. The molecular weight excluding hydrogens is 428 g/mol. The van der Waals surface area contributed by atoms with Gasteiger partial charge in [-0.05, 0) is 48.4 Å². The molecule has 2 aromatic rings. The molecule has 32 heavy (non-hydrogen) atoms. The molecule has 5 rings (SSSR count). The van der Waals surface area contributed by atoms with Crippen molar-refractivity contribution in [2.24, 2.45) is 0 Å². The number of fused-ring (bicyclic) bond motifs is 1. The van der Waals surface area contributed by atoms with Crippen molar-refractivity contribution in [2.75, 3.05) is 39.5 Å². The molecule has 0 aromatic heterocycles. The number of likely N-dealkylation sites (tertiary alicyclic amines) is 1. The lowest BCUT2D eigenvalue weighted by Gasteiger charge is -2.26. The summed E-state index contributed by atoms with van der Waals surface area (Å²) < 4.78 is 46.1. The van der Waals surface area contributed by atoms with Crippen LogP contribution in [-0.4, -0.2) is 58.8 Å². The Morgan fingerprint density at radius 1 is 1.09 bits per heavy atom. The van der Waals surface area contributed by atoms with Crippen LogP contribution in [0.4, 0.5) is 0 Å². The van der Waals surface area contributed by atoms with Gasteiger partial charge in [0.2, 0.25) is 10.0 Å². The largest absolute Gasteiger partial charge is 0.490 e. The number of benzene rings is 2. The molecule has 3 aliphatic rings. The minimum atomic E-state index is -3.56. The van der Waals surface area contributed by atoms with Crippen LogP contribution < -0.4 is 4.72 Å². The fourth-order valence-corrected chi connectivity index (χ4v) is 5.74. The Labute approximate surface area is 188 Å². The highest BCUT2D eigenvalue weighted by Gasteiger charge is 2.28. The van der Waals surface area contributed by atoms with Crippen LogP contribution in [0.3, 0.4) is 0 Å². The second kappa shape index (κ2) is 9.13. The van der Waals surface area contributed by atoms with E-state index in [1.54, 1.807) is 12.1 Å². The van der Waals surface area contributed by atoms with Crippen molar-refractivity contribution in [3.8, 4) is 0 Å². The number of nitrogens with one attached hydrogen (secondary N) is 1. The maximum atomic E-state index is 12.9. The van der Waals surface area contributed by atoms with Crippen LogP contribution in [-0.2, 0) is 24.2 Å². The summed E-state index contributed by atoms with van der Waals surface area (Å²) >= 11 is 0. The van der Waals surface area contributed by atoms with Crippen LogP contribution in [0, 0.1) is 0 Å². The van der Waals surface area contributed by atoms with Crippen molar-refractivity contribution < 1.29 is 22.6 Å². The molecular formula is C24H28N2O5S. The van der Waals surface area contributed by atoms with Gasteiger partial charge in [0.05, 0.1) is 4.90 Å². The standard InChI is InChI=1S/C24H28N2O5S/c27-32(28,21-9-8-18-4-1-2-5-19(18)16-21)25-20-10-11-26(17-20)12-13-29-22-6-3-7-23-24(22)31-15-14-30-23/h1-2,4-6,8-9,16,20,25H,3,7,10-15,17H2. The third kappa shape index (κ3) is 4.62. The Hall–Kier alpha value is -2.55. The minimum absolute atomic E-state index is 0.107. The van der Waals surface area contributed by atoms with E-state index in [0.717, 1.165) is 60.4 Å².